The van der Waals surface area contributed by atoms with E-state index in [1.54, 1.807) is 12.1 Å². The molecular formula is C15H23N3O2. The van der Waals surface area contributed by atoms with E-state index in [0.29, 0.717) is 6.04 Å². The molecule has 1 aliphatic heterocycles. The van der Waals surface area contributed by atoms with Gasteiger partial charge in [-0.15, -0.1) is 0 Å². The van der Waals surface area contributed by atoms with E-state index in [2.05, 4.69) is 24.5 Å². The van der Waals surface area contributed by atoms with Crippen molar-refractivity contribution in [3.05, 3.63) is 33.9 Å². The minimum Gasteiger partial charge on any atom is -0.383 e. The molecular weight excluding hydrogens is 254 g/mol. The van der Waals surface area contributed by atoms with Gasteiger partial charge in [0.15, 0.2) is 0 Å². The number of benzene rings is 1. The Hall–Kier alpha value is -1.62. The summed E-state index contributed by atoms with van der Waals surface area (Å²) in [5.41, 5.74) is 2.11. The minimum atomic E-state index is -0.346. The van der Waals surface area contributed by atoms with Gasteiger partial charge in [0.1, 0.15) is 0 Å². The van der Waals surface area contributed by atoms with Crippen molar-refractivity contribution in [1.29, 1.82) is 0 Å². The van der Waals surface area contributed by atoms with Crippen LogP contribution in [0.25, 0.3) is 0 Å². The number of hydrogen-bond acceptors (Lipinski definition) is 4. The molecule has 0 radical (unpaired) electrons. The highest BCUT2D eigenvalue weighted by molar-refractivity contribution is 5.53. The lowest BCUT2D eigenvalue weighted by Gasteiger charge is -2.39. The Morgan fingerprint density at radius 1 is 1.45 bits per heavy atom. The fourth-order valence-corrected chi connectivity index (χ4v) is 2.81. The molecule has 1 unspecified atom stereocenters. The molecule has 5 nitrogen and oxygen atoms in total. The summed E-state index contributed by atoms with van der Waals surface area (Å²) in [5, 5.41) is 17.8. The molecule has 1 atom stereocenters. The Morgan fingerprint density at radius 2 is 2.20 bits per heavy atom. The molecule has 20 heavy (non-hydrogen) atoms. The summed E-state index contributed by atoms with van der Waals surface area (Å²) in [6.07, 6.45) is 2.42. The SMILES string of the molecule is Cc1cc(NCC2NCCCC2(C)C)cc([N+](=O)[O-])c1. The third-order valence-corrected chi connectivity index (χ3v) is 4.12. The zero-order valence-corrected chi connectivity index (χ0v) is 12.4. The van der Waals surface area contributed by atoms with E-state index in [4.69, 9.17) is 0 Å². The van der Waals surface area contributed by atoms with Crippen molar-refractivity contribution >= 4 is 11.4 Å². The van der Waals surface area contributed by atoms with Crippen LogP contribution >= 0.6 is 0 Å². The lowest BCUT2D eigenvalue weighted by molar-refractivity contribution is -0.384. The van der Waals surface area contributed by atoms with Gasteiger partial charge in [0.2, 0.25) is 0 Å². The predicted octanol–water partition coefficient (Wildman–Crippen LogP) is 3.09. The molecule has 0 spiro atoms. The van der Waals surface area contributed by atoms with Gasteiger partial charge in [-0.3, -0.25) is 10.1 Å². The number of anilines is 1. The molecule has 0 saturated carbocycles. The van der Waals surface area contributed by atoms with Crippen LogP contribution in [0.3, 0.4) is 0 Å². The average molecular weight is 277 g/mol. The summed E-state index contributed by atoms with van der Waals surface area (Å²) >= 11 is 0. The fraction of sp³-hybridized carbons (Fsp3) is 0.600. The molecule has 0 aliphatic carbocycles. The van der Waals surface area contributed by atoms with Gasteiger partial charge in [-0.1, -0.05) is 13.8 Å². The Morgan fingerprint density at radius 3 is 2.85 bits per heavy atom. The zero-order chi connectivity index (χ0) is 14.8. The van der Waals surface area contributed by atoms with Crippen molar-refractivity contribution in [2.24, 2.45) is 5.41 Å². The second-order valence-corrected chi connectivity index (χ2v) is 6.29. The van der Waals surface area contributed by atoms with Crippen molar-refractivity contribution in [1.82, 2.24) is 5.32 Å². The van der Waals surface area contributed by atoms with Crippen LogP contribution in [-0.4, -0.2) is 24.1 Å². The minimum absolute atomic E-state index is 0.142. The normalized spacial score (nSPS) is 21.4. The van der Waals surface area contributed by atoms with Crippen molar-refractivity contribution in [2.75, 3.05) is 18.4 Å². The summed E-state index contributed by atoms with van der Waals surface area (Å²) in [4.78, 5) is 10.5. The second-order valence-electron chi connectivity index (χ2n) is 6.29. The highest BCUT2D eigenvalue weighted by Crippen LogP contribution is 2.30. The third kappa shape index (κ3) is 3.48. The van der Waals surface area contributed by atoms with Crippen LogP contribution in [0.4, 0.5) is 11.4 Å². The molecule has 0 aromatic heterocycles. The molecule has 1 aliphatic rings. The van der Waals surface area contributed by atoms with Gasteiger partial charge >= 0.3 is 0 Å². The number of nitro benzene ring substituents is 1. The molecule has 2 rings (SSSR count). The monoisotopic (exact) mass is 277 g/mol. The van der Waals surface area contributed by atoms with Gasteiger partial charge in [-0.2, -0.15) is 0 Å². The average Bonchev–Trinajstić information content (AvgIpc) is 2.36. The highest BCUT2D eigenvalue weighted by atomic mass is 16.6. The van der Waals surface area contributed by atoms with Crippen molar-refractivity contribution in [3.8, 4) is 0 Å². The topological polar surface area (TPSA) is 67.2 Å². The van der Waals surface area contributed by atoms with Gasteiger partial charge in [0, 0.05) is 30.4 Å². The number of hydrogen-bond donors (Lipinski definition) is 2. The van der Waals surface area contributed by atoms with E-state index in [1.807, 2.05) is 13.0 Å². The van der Waals surface area contributed by atoms with Gasteiger partial charge in [0.05, 0.1) is 4.92 Å². The number of nitro groups is 1. The maximum atomic E-state index is 10.9. The summed E-state index contributed by atoms with van der Waals surface area (Å²) < 4.78 is 0. The number of piperidine rings is 1. The zero-order valence-electron chi connectivity index (χ0n) is 12.4. The summed E-state index contributed by atoms with van der Waals surface area (Å²) in [7, 11) is 0. The fourth-order valence-electron chi connectivity index (χ4n) is 2.81. The van der Waals surface area contributed by atoms with Gasteiger partial charge in [0.25, 0.3) is 5.69 Å². The number of aryl methyl sites for hydroxylation is 1. The summed E-state index contributed by atoms with van der Waals surface area (Å²) in [6.45, 7) is 8.24. The Kier molecular flexibility index (Phi) is 4.28. The molecule has 1 saturated heterocycles. The maximum Gasteiger partial charge on any atom is 0.271 e. The van der Waals surface area contributed by atoms with Crippen LogP contribution in [0.15, 0.2) is 18.2 Å². The quantitative estimate of drug-likeness (QED) is 0.655. The molecule has 5 heteroatoms. The molecule has 0 amide bonds. The molecule has 1 aromatic carbocycles. The van der Waals surface area contributed by atoms with E-state index in [9.17, 15) is 10.1 Å². The lowest BCUT2D eigenvalue weighted by atomic mass is 9.77. The number of non-ortho nitro benzene ring substituents is 1. The maximum absolute atomic E-state index is 10.9. The van der Waals surface area contributed by atoms with Crippen molar-refractivity contribution < 1.29 is 4.92 Å². The molecule has 2 N–H and O–H groups in total. The first kappa shape index (κ1) is 14.8. The van der Waals surface area contributed by atoms with Crippen LogP contribution in [0.1, 0.15) is 32.3 Å². The van der Waals surface area contributed by atoms with Crippen molar-refractivity contribution in [3.63, 3.8) is 0 Å². The van der Waals surface area contributed by atoms with Crippen LogP contribution in [-0.2, 0) is 0 Å². The molecule has 1 aromatic rings. The molecule has 0 bridgehead atoms. The highest BCUT2D eigenvalue weighted by Gasteiger charge is 2.31. The first-order chi connectivity index (χ1) is 9.38. The third-order valence-electron chi connectivity index (χ3n) is 4.12. The first-order valence-corrected chi connectivity index (χ1v) is 7.12. The summed E-state index contributed by atoms with van der Waals surface area (Å²) in [5.74, 6) is 0. The van der Waals surface area contributed by atoms with Crippen LogP contribution in [0.2, 0.25) is 0 Å². The Bertz CT molecular complexity index is 500. The van der Waals surface area contributed by atoms with E-state index in [-0.39, 0.29) is 16.0 Å². The van der Waals surface area contributed by atoms with Gasteiger partial charge in [-0.05, 0) is 43.4 Å². The van der Waals surface area contributed by atoms with Gasteiger partial charge < -0.3 is 10.6 Å². The number of nitrogens with one attached hydrogen (secondary N) is 2. The smallest absolute Gasteiger partial charge is 0.271 e. The number of nitrogens with zero attached hydrogens (tertiary/aromatic N) is 1. The van der Waals surface area contributed by atoms with Crippen LogP contribution in [0, 0.1) is 22.5 Å². The Balaban J connectivity index is 2.05. The largest absolute Gasteiger partial charge is 0.383 e. The van der Waals surface area contributed by atoms with Gasteiger partial charge in [-0.25, -0.2) is 0 Å². The Labute approximate surface area is 119 Å². The second kappa shape index (κ2) is 5.79. The van der Waals surface area contributed by atoms with E-state index < -0.39 is 0 Å². The number of rotatable bonds is 4. The van der Waals surface area contributed by atoms with E-state index in [1.165, 1.54) is 12.8 Å². The van der Waals surface area contributed by atoms with Crippen molar-refractivity contribution in [2.45, 2.75) is 39.7 Å². The molecule has 1 fully saturated rings. The van der Waals surface area contributed by atoms with Crippen LogP contribution < -0.4 is 10.6 Å². The summed E-state index contributed by atoms with van der Waals surface area (Å²) in [6, 6.07) is 5.52. The van der Waals surface area contributed by atoms with Crippen LogP contribution in [0.5, 0.6) is 0 Å². The molecule has 110 valence electrons. The van der Waals surface area contributed by atoms with E-state index >= 15 is 0 Å². The standard InChI is InChI=1S/C15H23N3O2/c1-11-7-12(9-13(8-11)18(19)20)17-10-14-15(2,3)5-4-6-16-14/h7-9,14,16-17H,4-6,10H2,1-3H3. The predicted molar refractivity (Wildman–Crippen MR) is 81.1 cm³/mol. The molecule has 1 heterocycles. The lowest BCUT2D eigenvalue weighted by Crippen LogP contribution is -2.50. The first-order valence-electron chi connectivity index (χ1n) is 7.12. The van der Waals surface area contributed by atoms with E-state index in [0.717, 1.165) is 24.3 Å².